The zero-order valence-corrected chi connectivity index (χ0v) is 16.7. The third-order valence-electron chi connectivity index (χ3n) is 4.60. The Hall–Kier alpha value is -3.94. The number of primary amides is 1. The van der Waals surface area contributed by atoms with E-state index in [1.165, 1.54) is 13.8 Å². The minimum Gasteiger partial charge on any atom is -0.368 e. The summed E-state index contributed by atoms with van der Waals surface area (Å²) in [5.41, 5.74) is 7.30. The minimum absolute atomic E-state index is 0.283. The Bertz CT molecular complexity index is 1060. The molecule has 0 bridgehead atoms. The first-order chi connectivity index (χ1) is 14.3. The van der Waals surface area contributed by atoms with Gasteiger partial charge in [0.2, 0.25) is 5.91 Å². The fourth-order valence-corrected chi connectivity index (χ4v) is 2.66. The molecule has 3 rings (SSSR count). The highest BCUT2D eigenvalue weighted by Crippen LogP contribution is 2.17. The van der Waals surface area contributed by atoms with E-state index >= 15 is 0 Å². The number of carbonyl (C=O) groups excluding carboxylic acids is 3. The summed E-state index contributed by atoms with van der Waals surface area (Å²) in [6, 6.07) is 18.0. The maximum Gasteiger partial charge on any atom is 0.269 e. The van der Waals surface area contributed by atoms with Crippen LogP contribution in [0.5, 0.6) is 0 Å². The number of H-pyrrole nitrogens is 1. The molecular formula is C22H23N5O3. The Balaban J connectivity index is 1.57. The van der Waals surface area contributed by atoms with E-state index in [0.29, 0.717) is 17.0 Å². The zero-order valence-electron chi connectivity index (χ0n) is 16.7. The van der Waals surface area contributed by atoms with Crippen LogP contribution in [-0.2, 0) is 11.3 Å². The van der Waals surface area contributed by atoms with E-state index < -0.39 is 17.4 Å². The molecule has 0 aliphatic heterocycles. The van der Waals surface area contributed by atoms with E-state index in [-0.39, 0.29) is 12.5 Å². The highest BCUT2D eigenvalue weighted by molar-refractivity contribution is 5.98. The van der Waals surface area contributed by atoms with Crippen LogP contribution in [0.1, 0.15) is 40.3 Å². The van der Waals surface area contributed by atoms with E-state index in [0.717, 1.165) is 11.1 Å². The van der Waals surface area contributed by atoms with E-state index in [9.17, 15) is 14.4 Å². The standard InChI is InChI=1S/C22H23N5O3/c1-22(2,21(23)30)25-19(28)16-10-8-14(9-11-16)13-24-20(29)18-12-17(26-27-18)15-6-4-3-5-7-15/h3-12H,13H2,1-2H3,(H2,23,30)(H,24,29)(H,25,28)(H,26,27). The Morgan fingerprint density at radius 1 is 1.00 bits per heavy atom. The fourth-order valence-electron chi connectivity index (χ4n) is 2.66. The summed E-state index contributed by atoms with van der Waals surface area (Å²) in [4.78, 5) is 36.0. The van der Waals surface area contributed by atoms with E-state index in [2.05, 4.69) is 20.8 Å². The minimum atomic E-state index is -1.15. The van der Waals surface area contributed by atoms with Gasteiger partial charge in [0.05, 0.1) is 5.69 Å². The van der Waals surface area contributed by atoms with Crippen molar-refractivity contribution in [2.75, 3.05) is 0 Å². The van der Waals surface area contributed by atoms with Crippen LogP contribution in [0.4, 0.5) is 0 Å². The number of aromatic nitrogens is 2. The first-order valence-corrected chi connectivity index (χ1v) is 9.36. The van der Waals surface area contributed by atoms with Crippen molar-refractivity contribution in [3.63, 3.8) is 0 Å². The Labute approximate surface area is 173 Å². The second-order valence-electron chi connectivity index (χ2n) is 7.36. The zero-order chi connectivity index (χ0) is 21.7. The molecule has 1 heterocycles. The molecule has 0 aliphatic carbocycles. The van der Waals surface area contributed by atoms with E-state index in [1.54, 1.807) is 30.3 Å². The summed E-state index contributed by atoms with van der Waals surface area (Å²) >= 11 is 0. The van der Waals surface area contributed by atoms with Gasteiger partial charge in [0.25, 0.3) is 11.8 Å². The average molecular weight is 405 g/mol. The van der Waals surface area contributed by atoms with E-state index in [4.69, 9.17) is 5.73 Å². The lowest BCUT2D eigenvalue weighted by Gasteiger charge is -2.22. The molecule has 0 atom stereocenters. The van der Waals surface area contributed by atoms with Crippen LogP contribution in [0.25, 0.3) is 11.3 Å². The fraction of sp³-hybridized carbons (Fsp3) is 0.182. The van der Waals surface area contributed by atoms with Crippen LogP contribution in [0.2, 0.25) is 0 Å². The second-order valence-corrected chi connectivity index (χ2v) is 7.36. The first-order valence-electron chi connectivity index (χ1n) is 9.36. The van der Waals surface area contributed by atoms with Crippen molar-refractivity contribution in [2.24, 2.45) is 5.73 Å². The summed E-state index contributed by atoms with van der Waals surface area (Å²) < 4.78 is 0. The lowest BCUT2D eigenvalue weighted by Crippen LogP contribution is -2.53. The van der Waals surface area contributed by atoms with Crippen molar-refractivity contribution in [1.29, 1.82) is 0 Å². The molecule has 3 aromatic rings. The molecule has 0 radical (unpaired) electrons. The predicted octanol–water partition coefficient (Wildman–Crippen LogP) is 2.00. The molecule has 0 fully saturated rings. The van der Waals surface area contributed by atoms with Gasteiger partial charge in [-0.1, -0.05) is 42.5 Å². The Morgan fingerprint density at radius 2 is 1.67 bits per heavy atom. The molecule has 8 nitrogen and oxygen atoms in total. The lowest BCUT2D eigenvalue weighted by molar-refractivity contribution is -0.122. The van der Waals surface area contributed by atoms with Gasteiger partial charge in [-0.3, -0.25) is 19.5 Å². The number of nitrogens with two attached hydrogens (primary N) is 1. The van der Waals surface area contributed by atoms with Crippen molar-refractivity contribution in [3.05, 3.63) is 77.5 Å². The van der Waals surface area contributed by atoms with Crippen molar-refractivity contribution in [3.8, 4) is 11.3 Å². The third-order valence-corrected chi connectivity index (χ3v) is 4.60. The normalized spacial score (nSPS) is 11.0. The maximum absolute atomic E-state index is 12.4. The van der Waals surface area contributed by atoms with Gasteiger partial charge in [-0.15, -0.1) is 0 Å². The number of amides is 3. The molecule has 30 heavy (non-hydrogen) atoms. The Morgan fingerprint density at radius 3 is 2.30 bits per heavy atom. The van der Waals surface area contributed by atoms with Crippen LogP contribution in [0.15, 0.2) is 60.7 Å². The summed E-state index contributed by atoms with van der Waals surface area (Å²) in [7, 11) is 0. The van der Waals surface area contributed by atoms with Crippen LogP contribution < -0.4 is 16.4 Å². The van der Waals surface area contributed by atoms with Crippen molar-refractivity contribution < 1.29 is 14.4 Å². The molecule has 0 saturated heterocycles. The molecule has 8 heteroatoms. The van der Waals surface area contributed by atoms with Gasteiger partial charge < -0.3 is 16.4 Å². The molecule has 0 unspecified atom stereocenters. The molecule has 0 spiro atoms. The third kappa shape index (κ3) is 4.91. The molecular weight excluding hydrogens is 382 g/mol. The lowest BCUT2D eigenvalue weighted by atomic mass is 10.0. The molecule has 0 aliphatic rings. The number of nitrogens with one attached hydrogen (secondary N) is 3. The van der Waals surface area contributed by atoms with Gasteiger partial charge in [-0.2, -0.15) is 5.10 Å². The number of hydrogen-bond donors (Lipinski definition) is 4. The molecule has 5 N–H and O–H groups in total. The average Bonchev–Trinajstić information content (AvgIpc) is 3.23. The van der Waals surface area contributed by atoms with Crippen LogP contribution in [0.3, 0.4) is 0 Å². The Kier molecular flexibility index (Phi) is 5.96. The number of carbonyl (C=O) groups is 3. The van der Waals surface area contributed by atoms with Gasteiger partial charge in [0.15, 0.2) is 0 Å². The van der Waals surface area contributed by atoms with Crippen LogP contribution in [0, 0.1) is 0 Å². The van der Waals surface area contributed by atoms with Crippen LogP contribution in [-0.4, -0.2) is 33.5 Å². The van der Waals surface area contributed by atoms with Gasteiger partial charge in [-0.05, 0) is 37.6 Å². The summed E-state index contributed by atoms with van der Waals surface area (Å²) in [5, 5.41) is 12.3. The number of nitrogens with zero attached hydrogens (tertiary/aromatic N) is 1. The molecule has 2 aromatic carbocycles. The molecule has 1 aromatic heterocycles. The molecule has 154 valence electrons. The predicted molar refractivity (Wildman–Crippen MR) is 112 cm³/mol. The number of rotatable bonds is 7. The maximum atomic E-state index is 12.4. The second kappa shape index (κ2) is 8.60. The quantitative estimate of drug-likeness (QED) is 0.479. The summed E-state index contributed by atoms with van der Waals surface area (Å²) in [5.74, 6) is -1.31. The highest BCUT2D eigenvalue weighted by Gasteiger charge is 2.27. The van der Waals surface area contributed by atoms with Gasteiger partial charge in [0, 0.05) is 17.7 Å². The number of hydrogen-bond acceptors (Lipinski definition) is 4. The number of aromatic amines is 1. The van der Waals surface area contributed by atoms with Crippen molar-refractivity contribution >= 4 is 17.7 Å². The largest absolute Gasteiger partial charge is 0.368 e. The molecule has 0 saturated carbocycles. The van der Waals surface area contributed by atoms with Crippen molar-refractivity contribution in [1.82, 2.24) is 20.8 Å². The topological polar surface area (TPSA) is 130 Å². The van der Waals surface area contributed by atoms with E-state index in [1.807, 2.05) is 30.3 Å². The SMILES string of the molecule is CC(C)(NC(=O)c1ccc(CNC(=O)c2cc(-c3ccccc3)n[nH]2)cc1)C(N)=O. The number of benzene rings is 2. The summed E-state index contributed by atoms with van der Waals surface area (Å²) in [6.07, 6.45) is 0. The highest BCUT2D eigenvalue weighted by atomic mass is 16.2. The van der Waals surface area contributed by atoms with Gasteiger partial charge in [-0.25, -0.2) is 0 Å². The smallest absolute Gasteiger partial charge is 0.269 e. The van der Waals surface area contributed by atoms with Gasteiger partial charge >= 0.3 is 0 Å². The van der Waals surface area contributed by atoms with Crippen LogP contribution >= 0.6 is 0 Å². The summed E-state index contributed by atoms with van der Waals surface area (Å²) in [6.45, 7) is 3.36. The molecule has 3 amide bonds. The van der Waals surface area contributed by atoms with Crippen molar-refractivity contribution in [2.45, 2.75) is 25.9 Å². The van der Waals surface area contributed by atoms with Gasteiger partial charge in [0.1, 0.15) is 11.2 Å². The first kappa shape index (κ1) is 20.8. The monoisotopic (exact) mass is 405 g/mol.